The molecule has 0 aliphatic carbocycles. The minimum atomic E-state index is 1.35. The lowest BCUT2D eigenvalue weighted by Crippen LogP contribution is -1.87. The van der Waals surface area contributed by atoms with Gasteiger partial charge in [0.15, 0.2) is 0 Å². The second-order valence-corrected chi connectivity index (χ2v) is 4.01. The Hall–Kier alpha value is -1.04. The first kappa shape index (κ1) is 10.0. The number of hydrogen-bond donors (Lipinski definition) is 0. The van der Waals surface area contributed by atoms with Crippen LogP contribution in [0, 0.1) is 20.8 Å². The highest BCUT2D eigenvalue weighted by molar-refractivity contribution is 5.57. The molecule has 0 radical (unpaired) electrons. The Balaban J connectivity index is 3.24. The largest absolute Gasteiger partial charge is 0.0758 e. The molecular formula is C13H18. The SMILES string of the molecule is CC(C)=Cc1cc(C)c(C)cc1C. The van der Waals surface area contributed by atoms with E-state index in [2.05, 4.69) is 52.8 Å². The molecule has 0 N–H and O–H groups in total. The second-order valence-electron chi connectivity index (χ2n) is 4.01. The maximum atomic E-state index is 2.26. The summed E-state index contributed by atoms with van der Waals surface area (Å²) in [5.41, 5.74) is 6.82. The third-order valence-electron chi connectivity index (χ3n) is 2.33. The lowest BCUT2D eigenvalue weighted by molar-refractivity contribution is 1.28. The van der Waals surface area contributed by atoms with Crippen molar-refractivity contribution in [3.05, 3.63) is 40.0 Å². The number of hydrogen-bond acceptors (Lipinski definition) is 0. The van der Waals surface area contributed by atoms with Gasteiger partial charge in [0.1, 0.15) is 0 Å². The minimum absolute atomic E-state index is 1.35. The second kappa shape index (κ2) is 3.78. The van der Waals surface area contributed by atoms with Gasteiger partial charge in [-0.1, -0.05) is 23.8 Å². The maximum Gasteiger partial charge on any atom is -0.0225 e. The number of benzene rings is 1. The van der Waals surface area contributed by atoms with E-state index >= 15 is 0 Å². The fraction of sp³-hybridized carbons (Fsp3) is 0.385. The Labute approximate surface area is 81.3 Å². The predicted molar refractivity (Wildman–Crippen MR) is 60.0 cm³/mol. The molecule has 0 amide bonds. The van der Waals surface area contributed by atoms with Crippen LogP contribution in [0.5, 0.6) is 0 Å². The lowest BCUT2D eigenvalue weighted by atomic mass is 10.00. The summed E-state index contributed by atoms with van der Waals surface area (Å²) in [5, 5.41) is 0. The molecule has 0 fully saturated rings. The van der Waals surface area contributed by atoms with Gasteiger partial charge in [-0.25, -0.2) is 0 Å². The molecule has 0 unspecified atom stereocenters. The van der Waals surface area contributed by atoms with Crippen molar-refractivity contribution in [2.75, 3.05) is 0 Å². The molecule has 0 heterocycles. The molecule has 0 aliphatic heterocycles. The van der Waals surface area contributed by atoms with E-state index in [9.17, 15) is 0 Å². The molecule has 1 rings (SSSR count). The van der Waals surface area contributed by atoms with Gasteiger partial charge >= 0.3 is 0 Å². The number of allylic oxidation sites excluding steroid dienone is 1. The zero-order valence-electron chi connectivity index (χ0n) is 9.23. The summed E-state index contributed by atoms with van der Waals surface area (Å²) in [6, 6.07) is 4.52. The predicted octanol–water partition coefficient (Wildman–Crippen LogP) is 4.04. The summed E-state index contributed by atoms with van der Waals surface area (Å²) in [6.45, 7) is 10.8. The van der Waals surface area contributed by atoms with E-state index in [0.29, 0.717) is 0 Å². The number of aryl methyl sites for hydroxylation is 3. The van der Waals surface area contributed by atoms with Crippen LogP contribution in [-0.4, -0.2) is 0 Å². The highest BCUT2D eigenvalue weighted by Gasteiger charge is 1.98. The van der Waals surface area contributed by atoms with Crippen LogP contribution in [0.4, 0.5) is 0 Å². The molecule has 0 heteroatoms. The van der Waals surface area contributed by atoms with Gasteiger partial charge in [0.25, 0.3) is 0 Å². The van der Waals surface area contributed by atoms with Crippen LogP contribution in [0.15, 0.2) is 17.7 Å². The Kier molecular flexibility index (Phi) is 2.92. The molecule has 0 atom stereocenters. The van der Waals surface area contributed by atoms with Gasteiger partial charge in [-0.15, -0.1) is 0 Å². The van der Waals surface area contributed by atoms with Crippen LogP contribution in [-0.2, 0) is 0 Å². The minimum Gasteiger partial charge on any atom is -0.0758 e. The monoisotopic (exact) mass is 174 g/mol. The summed E-state index contributed by atoms with van der Waals surface area (Å²) in [4.78, 5) is 0. The summed E-state index contributed by atoms with van der Waals surface area (Å²) >= 11 is 0. The van der Waals surface area contributed by atoms with Crippen LogP contribution in [0.2, 0.25) is 0 Å². The molecule has 0 spiro atoms. The molecule has 13 heavy (non-hydrogen) atoms. The van der Waals surface area contributed by atoms with Crippen molar-refractivity contribution >= 4 is 6.08 Å². The average Bonchev–Trinajstić information content (AvgIpc) is 1.99. The molecule has 0 saturated carbocycles. The molecule has 1 aromatic rings. The van der Waals surface area contributed by atoms with Crippen molar-refractivity contribution < 1.29 is 0 Å². The average molecular weight is 174 g/mol. The zero-order chi connectivity index (χ0) is 10.0. The molecule has 0 saturated heterocycles. The van der Waals surface area contributed by atoms with Gasteiger partial charge in [0, 0.05) is 0 Å². The first-order valence-corrected chi connectivity index (χ1v) is 4.73. The topological polar surface area (TPSA) is 0 Å². The molecule has 0 nitrogen and oxygen atoms in total. The third kappa shape index (κ3) is 2.45. The zero-order valence-corrected chi connectivity index (χ0v) is 9.23. The Morgan fingerprint density at radius 3 is 2.00 bits per heavy atom. The molecule has 1 aromatic carbocycles. The first-order chi connectivity index (χ1) is 6.00. The van der Waals surface area contributed by atoms with Crippen LogP contribution >= 0.6 is 0 Å². The van der Waals surface area contributed by atoms with Crippen molar-refractivity contribution in [1.29, 1.82) is 0 Å². The highest BCUT2D eigenvalue weighted by Crippen LogP contribution is 2.17. The molecular weight excluding hydrogens is 156 g/mol. The Bertz CT molecular complexity index is 339. The van der Waals surface area contributed by atoms with Crippen LogP contribution in [0.1, 0.15) is 36.1 Å². The molecule has 0 aliphatic rings. The van der Waals surface area contributed by atoms with E-state index in [1.165, 1.54) is 27.8 Å². The van der Waals surface area contributed by atoms with Crippen molar-refractivity contribution in [3.8, 4) is 0 Å². The van der Waals surface area contributed by atoms with Gasteiger partial charge in [-0.05, 0) is 56.9 Å². The van der Waals surface area contributed by atoms with Crippen LogP contribution in [0.3, 0.4) is 0 Å². The fourth-order valence-corrected chi connectivity index (χ4v) is 1.45. The van der Waals surface area contributed by atoms with Crippen LogP contribution < -0.4 is 0 Å². The molecule has 70 valence electrons. The van der Waals surface area contributed by atoms with E-state index in [1.54, 1.807) is 0 Å². The quantitative estimate of drug-likeness (QED) is 0.603. The number of rotatable bonds is 1. The van der Waals surface area contributed by atoms with Gasteiger partial charge in [-0.2, -0.15) is 0 Å². The lowest BCUT2D eigenvalue weighted by Gasteiger charge is -2.06. The summed E-state index contributed by atoms with van der Waals surface area (Å²) in [5.74, 6) is 0. The van der Waals surface area contributed by atoms with Crippen molar-refractivity contribution in [3.63, 3.8) is 0 Å². The summed E-state index contributed by atoms with van der Waals surface area (Å²) < 4.78 is 0. The molecule has 0 aromatic heterocycles. The van der Waals surface area contributed by atoms with E-state index < -0.39 is 0 Å². The highest BCUT2D eigenvalue weighted by atomic mass is 14.0. The van der Waals surface area contributed by atoms with Gasteiger partial charge in [-0.3, -0.25) is 0 Å². The van der Waals surface area contributed by atoms with Gasteiger partial charge < -0.3 is 0 Å². The smallest absolute Gasteiger partial charge is 0.0225 e. The fourth-order valence-electron chi connectivity index (χ4n) is 1.45. The molecule has 0 bridgehead atoms. The summed E-state index contributed by atoms with van der Waals surface area (Å²) in [7, 11) is 0. The summed E-state index contributed by atoms with van der Waals surface area (Å²) in [6.07, 6.45) is 2.24. The van der Waals surface area contributed by atoms with Gasteiger partial charge in [0.05, 0.1) is 0 Å². The van der Waals surface area contributed by atoms with Crippen molar-refractivity contribution in [1.82, 2.24) is 0 Å². The third-order valence-corrected chi connectivity index (χ3v) is 2.33. The van der Waals surface area contributed by atoms with Crippen molar-refractivity contribution in [2.45, 2.75) is 34.6 Å². The van der Waals surface area contributed by atoms with E-state index in [1.807, 2.05) is 0 Å². The van der Waals surface area contributed by atoms with E-state index in [4.69, 9.17) is 0 Å². The standard InChI is InChI=1S/C13H18/c1-9(2)6-13-8-11(4)10(3)7-12(13)5/h6-8H,1-5H3. The van der Waals surface area contributed by atoms with E-state index in [-0.39, 0.29) is 0 Å². The first-order valence-electron chi connectivity index (χ1n) is 4.73. The Morgan fingerprint density at radius 1 is 0.923 bits per heavy atom. The van der Waals surface area contributed by atoms with E-state index in [0.717, 1.165) is 0 Å². The van der Waals surface area contributed by atoms with Gasteiger partial charge in [0.2, 0.25) is 0 Å². The Morgan fingerprint density at radius 2 is 1.46 bits per heavy atom. The maximum absolute atomic E-state index is 2.26. The van der Waals surface area contributed by atoms with Crippen LogP contribution in [0.25, 0.3) is 6.08 Å². The van der Waals surface area contributed by atoms with Crippen molar-refractivity contribution in [2.24, 2.45) is 0 Å². The normalized spacial score (nSPS) is 9.92.